The predicted molar refractivity (Wildman–Crippen MR) is 90.7 cm³/mol. The van der Waals surface area contributed by atoms with Crippen molar-refractivity contribution in [2.24, 2.45) is 0 Å². The van der Waals surface area contributed by atoms with Crippen LogP contribution in [0.1, 0.15) is 16.6 Å². The molecule has 1 aromatic carbocycles. The Kier molecular flexibility index (Phi) is 4.38. The molecule has 0 aliphatic rings. The van der Waals surface area contributed by atoms with Crippen molar-refractivity contribution in [3.63, 3.8) is 0 Å². The summed E-state index contributed by atoms with van der Waals surface area (Å²) in [5.41, 5.74) is 1.79. The van der Waals surface area contributed by atoms with E-state index in [9.17, 15) is 9.59 Å². The molecule has 0 unspecified atom stereocenters. The van der Waals surface area contributed by atoms with Gasteiger partial charge in [0.05, 0.1) is 22.5 Å². The van der Waals surface area contributed by atoms with Crippen molar-refractivity contribution < 1.29 is 9.59 Å². The topological polar surface area (TPSA) is 76.0 Å². The second kappa shape index (κ2) is 6.62. The third-order valence-electron chi connectivity index (χ3n) is 3.38. The highest BCUT2D eigenvalue weighted by atomic mass is 32.1. The van der Waals surface area contributed by atoms with E-state index in [2.05, 4.69) is 15.6 Å². The van der Waals surface area contributed by atoms with Gasteiger partial charge < -0.3 is 9.88 Å². The number of amides is 2. The van der Waals surface area contributed by atoms with Gasteiger partial charge in [0, 0.05) is 6.54 Å². The van der Waals surface area contributed by atoms with Gasteiger partial charge in [0.1, 0.15) is 0 Å². The van der Waals surface area contributed by atoms with Crippen LogP contribution in [0.25, 0.3) is 11.0 Å². The Bertz CT molecular complexity index is 839. The average Bonchev–Trinajstić information content (AvgIpc) is 3.19. The standard InChI is InChI=1S/C16H16N4O2S/c1-2-20-12-7-4-3-6-11(12)18-16(20)19-14(21)10-17-15(22)13-8-5-9-23-13/h3-9H,2,10H2,1H3,(H,17,22)(H,18,19,21). The maximum atomic E-state index is 12.1. The summed E-state index contributed by atoms with van der Waals surface area (Å²) in [6.45, 7) is 2.59. The Balaban J connectivity index is 1.67. The summed E-state index contributed by atoms with van der Waals surface area (Å²) in [6, 6.07) is 11.2. The van der Waals surface area contributed by atoms with Crippen LogP contribution in [-0.4, -0.2) is 27.9 Å². The molecule has 0 saturated heterocycles. The average molecular weight is 328 g/mol. The Hall–Kier alpha value is -2.67. The van der Waals surface area contributed by atoms with Crippen molar-refractivity contribution in [1.82, 2.24) is 14.9 Å². The Morgan fingerprint density at radius 2 is 2.04 bits per heavy atom. The van der Waals surface area contributed by atoms with E-state index < -0.39 is 0 Å². The van der Waals surface area contributed by atoms with Crippen LogP contribution in [0.15, 0.2) is 41.8 Å². The number of nitrogens with zero attached hydrogens (tertiary/aromatic N) is 2. The van der Waals surface area contributed by atoms with E-state index in [1.807, 2.05) is 41.1 Å². The monoisotopic (exact) mass is 328 g/mol. The van der Waals surface area contributed by atoms with Gasteiger partial charge in [0.25, 0.3) is 5.91 Å². The molecule has 118 valence electrons. The zero-order valence-electron chi connectivity index (χ0n) is 12.6. The molecule has 7 heteroatoms. The second-order valence-electron chi connectivity index (χ2n) is 4.88. The van der Waals surface area contributed by atoms with Crippen LogP contribution < -0.4 is 10.6 Å². The van der Waals surface area contributed by atoms with Gasteiger partial charge in [-0.1, -0.05) is 18.2 Å². The van der Waals surface area contributed by atoms with E-state index in [-0.39, 0.29) is 18.4 Å². The van der Waals surface area contributed by atoms with Crippen molar-refractivity contribution in [3.8, 4) is 0 Å². The summed E-state index contributed by atoms with van der Waals surface area (Å²) in [7, 11) is 0. The smallest absolute Gasteiger partial charge is 0.261 e. The lowest BCUT2D eigenvalue weighted by molar-refractivity contribution is -0.115. The minimum absolute atomic E-state index is 0.0936. The largest absolute Gasteiger partial charge is 0.342 e. The fourth-order valence-electron chi connectivity index (χ4n) is 2.32. The first-order valence-corrected chi connectivity index (χ1v) is 8.14. The van der Waals surface area contributed by atoms with Crippen LogP contribution in [0.4, 0.5) is 5.95 Å². The van der Waals surface area contributed by atoms with Gasteiger partial charge in [-0.15, -0.1) is 11.3 Å². The van der Waals surface area contributed by atoms with Crippen molar-refractivity contribution >= 4 is 40.1 Å². The van der Waals surface area contributed by atoms with Crippen LogP contribution in [-0.2, 0) is 11.3 Å². The first-order chi connectivity index (χ1) is 11.2. The van der Waals surface area contributed by atoms with Crippen LogP contribution in [0, 0.1) is 0 Å². The number of para-hydroxylation sites is 2. The van der Waals surface area contributed by atoms with Crippen LogP contribution in [0.3, 0.4) is 0 Å². The molecule has 0 saturated carbocycles. The van der Waals surface area contributed by atoms with Gasteiger partial charge in [-0.3, -0.25) is 14.9 Å². The number of imidazole rings is 1. The highest BCUT2D eigenvalue weighted by molar-refractivity contribution is 7.12. The zero-order chi connectivity index (χ0) is 16.2. The molecular weight excluding hydrogens is 312 g/mol. The van der Waals surface area contributed by atoms with E-state index in [1.165, 1.54) is 11.3 Å². The number of carbonyl (C=O) groups is 2. The molecule has 23 heavy (non-hydrogen) atoms. The molecule has 2 N–H and O–H groups in total. The lowest BCUT2D eigenvalue weighted by Gasteiger charge is -2.08. The molecule has 0 spiro atoms. The number of aryl methyl sites for hydroxylation is 1. The lowest BCUT2D eigenvalue weighted by Crippen LogP contribution is -2.33. The number of benzene rings is 1. The Morgan fingerprint density at radius 1 is 1.22 bits per heavy atom. The third-order valence-corrected chi connectivity index (χ3v) is 4.25. The number of anilines is 1. The SMILES string of the molecule is CCn1c(NC(=O)CNC(=O)c2cccs2)nc2ccccc21. The quantitative estimate of drug-likeness (QED) is 0.755. The highest BCUT2D eigenvalue weighted by Gasteiger charge is 2.13. The molecule has 0 atom stereocenters. The number of carbonyl (C=O) groups excluding carboxylic acids is 2. The third kappa shape index (κ3) is 3.24. The van der Waals surface area contributed by atoms with E-state index in [0.717, 1.165) is 11.0 Å². The van der Waals surface area contributed by atoms with Gasteiger partial charge in [0.2, 0.25) is 11.9 Å². The molecule has 3 aromatic rings. The van der Waals surface area contributed by atoms with E-state index in [4.69, 9.17) is 0 Å². The van der Waals surface area contributed by atoms with Crippen molar-refractivity contribution in [3.05, 3.63) is 46.7 Å². The molecule has 2 heterocycles. The summed E-state index contributed by atoms with van der Waals surface area (Å²) in [6.07, 6.45) is 0. The van der Waals surface area contributed by atoms with Crippen molar-refractivity contribution in [2.45, 2.75) is 13.5 Å². The summed E-state index contributed by atoms with van der Waals surface area (Å²) in [4.78, 5) is 28.9. The van der Waals surface area contributed by atoms with E-state index in [1.54, 1.807) is 12.1 Å². The first kappa shape index (κ1) is 15.2. The molecule has 0 aliphatic heterocycles. The maximum absolute atomic E-state index is 12.1. The fourth-order valence-corrected chi connectivity index (χ4v) is 2.96. The minimum Gasteiger partial charge on any atom is -0.342 e. The minimum atomic E-state index is -0.306. The molecule has 0 aliphatic carbocycles. The Labute approximate surface area is 137 Å². The van der Waals surface area contributed by atoms with Gasteiger partial charge in [-0.2, -0.15) is 0 Å². The van der Waals surface area contributed by atoms with Gasteiger partial charge in [-0.25, -0.2) is 4.98 Å². The van der Waals surface area contributed by atoms with Crippen molar-refractivity contribution in [1.29, 1.82) is 0 Å². The predicted octanol–water partition coefficient (Wildman–Crippen LogP) is 2.49. The first-order valence-electron chi connectivity index (χ1n) is 7.26. The zero-order valence-corrected chi connectivity index (χ0v) is 13.4. The van der Waals surface area contributed by atoms with Crippen LogP contribution in [0.5, 0.6) is 0 Å². The number of fused-ring (bicyclic) bond motifs is 1. The van der Waals surface area contributed by atoms with Crippen LogP contribution >= 0.6 is 11.3 Å². The molecule has 0 bridgehead atoms. The van der Waals surface area contributed by atoms with Gasteiger partial charge in [-0.05, 0) is 30.5 Å². The van der Waals surface area contributed by atoms with Gasteiger partial charge in [0.15, 0.2) is 0 Å². The number of hydrogen-bond donors (Lipinski definition) is 2. The fraction of sp³-hybridized carbons (Fsp3) is 0.188. The van der Waals surface area contributed by atoms with Gasteiger partial charge >= 0.3 is 0 Å². The number of hydrogen-bond acceptors (Lipinski definition) is 4. The lowest BCUT2D eigenvalue weighted by atomic mass is 10.3. The summed E-state index contributed by atoms with van der Waals surface area (Å²) in [5, 5.41) is 7.17. The molecule has 3 rings (SSSR count). The van der Waals surface area contributed by atoms with Crippen LogP contribution in [0.2, 0.25) is 0 Å². The molecule has 6 nitrogen and oxygen atoms in total. The molecule has 0 radical (unpaired) electrons. The number of rotatable bonds is 5. The van der Waals surface area contributed by atoms with E-state index >= 15 is 0 Å². The second-order valence-corrected chi connectivity index (χ2v) is 5.82. The molecular formula is C16H16N4O2S. The van der Waals surface area contributed by atoms with Crippen molar-refractivity contribution in [2.75, 3.05) is 11.9 Å². The molecule has 2 amide bonds. The molecule has 0 fully saturated rings. The summed E-state index contributed by atoms with van der Waals surface area (Å²) >= 11 is 1.34. The number of thiophene rings is 1. The number of nitrogens with one attached hydrogen (secondary N) is 2. The molecule has 2 aromatic heterocycles. The van der Waals surface area contributed by atoms with E-state index in [0.29, 0.717) is 17.4 Å². The summed E-state index contributed by atoms with van der Waals surface area (Å²) in [5.74, 6) is -0.0665. The summed E-state index contributed by atoms with van der Waals surface area (Å²) < 4.78 is 1.92. The maximum Gasteiger partial charge on any atom is 0.261 e. The highest BCUT2D eigenvalue weighted by Crippen LogP contribution is 2.19. The number of aromatic nitrogens is 2. The Morgan fingerprint density at radius 3 is 2.78 bits per heavy atom. The normalized spacial score (nSPS) is 10.7.